The molecular formula is C29H33F3N2O6. The van der Waals surface area contributed by atoms with Crippen molar-refractivity contribution in [2.75, 3.05) is 47.6 Å². The van der Waals surface area contributed by atoms with E-state index in [0.29, 0.717) is 43.3 Å². The van der Waals surface area contributed by atoms with Crippen LogP contribution in [-0.4, -0.2) is 69.2 Å². The topological polar surface area (TPSA) is 81.5 Å². The number of benzene rings is 2. The summed E-state index contributed by atoms with van der Waals surface area (Å²) in [5.74, 6) is 0.633. The van der Waals surface area contributed by atoms with Gasteiger partial charge in [-0.25, -0.2) is 0 Å². The zero-order valence-corrected chi connectivity index (χ0v) is 22.7. The second kappa shape index (κ2) is 14.4. The van der Waals surface area contributed by atoms with Crippen LogP contribution in [0.4, 0.5) is 13.2 Å². The molecule has 0 N–H and O–H groups in total. The number of rotatable bonds is 14. The van der Waals surface area contributed by atoms with Gasteiger partial charge in [0.15, 0.2) is 11.5 Å². The smallest absolute Gasteiger partial charge is 0.416 e. The van der Waals surface area contributed by atoms with Crippen LogP contribution < -0.4 is 9.47 Å². The first-order valence-corrected chi connectivity index (χ1v) is 12.6. The number of ether oxygens (including phenoxy) is 3. The molecule has 1 aromatic heterocycles. The second-order valence-corrected chi connectivity index (χ2v) is 8.99. The summed E-state index contributed by atoms with van der Waals surface area (Å²) in [4.78, 5) is 29.7. The molecule has 2 amide bonds. The van der Waals surface area contributed by atoms with Gasteiger partial charge >= 0.3 is 6.18 Å². The molecule has 1 heterocycles. The van der Waals surface area contributed by atoms with E-state index in [0.717, 1.165) is 17.7 Å². The molecule has 0 unspecified atom stereocenters. The molecule has 3 rings (SSSR count). The highest BCUT2D eigenvalue weighted by Crippen LogP contribution is 2.30. The van der Waals surface area contributed by atoms with Crippen molar-refractivity contribution in [1.82, 2.24) is 9.80 Å². The Morgan fingerprint density at radius 2 is 1.68 bits per heavy atom. The third-order valence-corrected chi connectivity index (χ3v) is 6.22. The molecule has 0 radical (unpaired) electrons. The van der Waals surface area contributed by atoms with Crippen molar-refractivity contribution >= 4 is 11.8 Å². The molecule has 0 spiro atoms. The van der Waals surface area contributed by atoms with E-state index in [1.807, 2.05) is 12.1 Å². The van der Waals surface area contributed by atoms with Gasteiger partial charge in [-0.15, -0.1) is 0 Å². The van der Waals surface area contributed by atoms with Crippen LogP contribution in [0, 0.1) is 0 Å². The Morgan fingerprint density at radius 3 is 2.33 bits per heavy atom. The average molecular weight is 563 g/mol. The van der Waals surface area contributed by atoms with Crippen LogP contribution >= 0.6 is 0 Å². The first kappa shape index (κ1) is 30.6. The fourth-order valence-electron chi connectivity index (χ4n) is 4.11. The van der Waals surface area contributed by atoms with Crippen molar-refractivity contribution in [2.45, 2.75) is 25.6 Å². The summed E-state index contributed by atoms with van der Waals surface area (Å²) in [7, 11) is 4.58. The number of methoxy groups -OCH3 is 3. The predicted octanol–water partition coefficient (Wildman–Crippen LogP) is 5.07. The van der Waals surface area contributed by atoms with E-state index in [4.69, 9.17) is 18.6 Å². The Labute approximate surface area is 231 Å². The molecule has 0 bridgehead atoms. The van der Waals surface area contributed by atoms with Gasteiger partial charge in [0.2, 0.25) is 5.91 Å². The maximum Gasteiger partial charge on any atom is 0.416 e. The van der Waals surface area contributed by atoms with E-state index in [1.165, 1.54) is 37.5 Å². The number of hydrogen-bond acceptors (Lipinski definition) is 6. The number of hydrogen-bond donors (Lipinski definition) is 0. The van der Waals surface area contributed by atoms with Crippen molar-refractivity contribution in [3.63, 3.8) is 0 Å². The monoisotopic (exact) mass is 562 g/mol. The molecule has 0 aliphatic heterocycles. The molecule has 0 saturated carbocycles. The fourth-order valence-corrected chi connectivity index (χ4v) is 4.11. The van der Waals surface area contributed by atoms with Gasteiger partial charge in [-0.1, -0.05) is 12.1 Å². The first-order valence-electron chi connectivity index (χ1n) is 12.6. The summed E-state index contributed by atoms with van der Waals surface area (Å²) in [6.07, 6.45) is -2.23. The van der Waals surface area contributed by atoms with E-state index in [-0.39, 0.29) is 31.1 Å². The minimum absolute atomic E-state index is 0.124. The number of halogens is 3. The summed E-state index contributed by atoms with van der Waals surface area (Å²) in [6.45, 7) is 0.557. The molecule has 0 aliphatic rings. The highest BCUT2D eigenvalue weighted by atomic mass is 19.4. The second-order valence-electron chi connectivity index (χ2n) is 8.99. The minimum atomic E-state index is -4.60. The van der Waals surface area contributed by atoms with Crippen LogP contribution in [0.25, 0.3) is 0 Å². The van der Waals surface area contributed by atoms with E-state index in [1.54, 1.807) is 30.2 Å². The highest BCUT2D eigenvalue weighted by molar-refractivity contribution is 5.96. The van der Waals surface area contributed by atoms with Gasteiger partial charge in [0, 0.05) is 32.4 Å². The Morgan fingerprint density at radius 1 is 0.900 bits per heavy atom. The largest absolute Gasteiger partial charge is 0.493 e. The summed E-state index contributed by atoms with van der Waals surface area (Å²) in [5, 5.41) is 0. The summed E-state index contributed by atoms with van der Waals surface area (Å²) >= 11 is 0. The maximum atomic E-state index is 13.6. The normalized spacial score (nSPS) is 11.2. The molecule has 3 aromatic rings. The fraction of sp³-hybridized carbons (Fsp3) is 0.379. The standard InChI is InChI=1S/C29H33F3N2O6/c1-37-15-6-13-34(28(36)22-7-4-8-23(18-22)29(30,31)32)20-27(35)33(19-24-9-5-16-40-24)14-12-21-10-11-25(38-2)26(17-21)39-3/h4-5,7-11,16-18H,6,12-15,19-20H2,1-3H3. The SMILES string of the molecule is COCCCN(CC(=O)N(CCc1ccc(OC)c(OC)c1)Cc1ccco1)C(=O)c1cccc(C(F)(F)F)c1. The molecule has 0 fully saturated rings. The van der Waals surface area contributed by atoms with Crippen molar-refractivity contribution in [3.05, 3.63) is 83.3 Å². The third-order valence-electron chi connectivity index (χ3n) is 6.22. The minimum Gasteiger partial charge on any atom is -0.493 e. The number of amides is 2. The van der Waals surface area contributed by atoms with Crippen LogP contribution in [0.2, 0.25) is 0 Å². The van der Waals surface area contributed by atoms with Gasteiger partial charge in [-0.3, -0.25) is 9.59 Å². The number of alkyl halides is 3. The Balaban J connectivity index is 1.81. The van der Waals surface area contributed by atoms with E-state index >= 15 is 0 Å². The molecule has 0 atom stereocenters. The van der Waals surface area contributed by atoms with Crippen molar-refractivity contribution in [3.8, 4) is 11.5 Å². The van der Waals surface area contributed by atoms with Gasteiger partial charge in [-0.2, -0.15) is 13.2 Å². The first-order chi connectivity index (χ1) is 19.2. The van der Waals surface area contributed by atoms with E-state index in [2.05, 4.69) is 0 Å². The van der Waals surface area contributed by atoms with Gasteiger partial charge in [0.05, 0.1) is 32.6 Å². The van der Waals surface area contributed by atoms with E-state index in [9.17, 15) is 22.8 Å². The predicted molar refractivity (Wildman–Crippen MR) is 141 cm³/mol. The van der Waals surface area contributed by atoms with Crippen molar-refractivity contribution < 1.29 is 41.4 Å². The zero-order valence-electron chi connectivity index (χ0n) is 22.7. The molecule has 40 heavy (non-hydrogen) atoms. The lowest BCUT2D eigenvalue weighted by atomic mass is 10.1. The van der Waals surface area contributed by atoms with Gasteiger partial charge < -0.3 is 28.4 Å². The van der Waals surface area contributed by atoms with Crippen molar-refractivity contribution in [2.24, 2.45) is 0 Å². The Hall–Kier alpha value is -3.99. The molecule has 216 valence electrons. The van der Waals surface area contributed by atoms with Crippen molar-refractivity contribution in [1.29, 1.82) is 0 Å². The van der Waals surface area contributed by atoms with E-state index < -0.39 is 17.6 Å². The number of carbonyl (C=O) groups excluding carboxylic acids is 2. The van der Waals surface area contributed by atoms with Crippen LogP contribution in [-0.2, 0) is 28.7 Å². The summed E-state index contributed by atoms with van der Waals surface area (Å²) < 4.78 is 61.0. The lowest BCUT2D eigenvalue weighted by Crippen LogP contribution is -2.44. The average Bonchev–Trinajstić information content (AvgIpc) is 3.47. The van der Waals surface area contributed by atoms with Gasteiger partial charge in [0.25, 0.3) is 5.91 Å². The van der Waals surface area contributed by atoms with Crippen LogP contribution in [0.15, 0.2) is 65.3 Å². The number of carbonyl (C=O) groups is 2. The number of furan rings is 1. The third kappa shape index (κ3) is 8.51. The summed E-state index contributed by atoms with van der Waals surface area (Å²) in [5.41, 5.74) is -0.189. The van der Waals surface area contributed by atoms with Crippen LogP contribution in [0.1, 0.15) is 33.7 Å². The quantitative estimate of drug-likeness (QED) is 0.256. The summed E-state index contributed by atoms with van der Waals surface area (Å²) in [6, 6.07) is 13.1. The molecule has 0 saturated heterocycles. The molecule has 0 aliphatic carbocycles. The van der Waals surface area contributed by atoms with Gasteiger partial charge in [-0.05, 0) is 60.9 Å². The lowest BCUT2D eigenvalue weighted by molar-refractivity contribution is -0.137. The molecule has 2 aromatic carbocycles. The van der Waals surface area contributed by atoms with Crippen LogP contribution in [0.3, 0.4) is 0 Å². The zero-order chi connectivity index (χ0) is 29.1. The molecule has 11 heteroatoms. The lowest BCUT2D eigenvalue weighted by Gasteiger charge is -2.28. The molecule has 8 nitrogen and oxygen atoms in total. The molecular weight excluding hydrogens is 529 g/mol. The highest BCUT2D eigenvalue weighted by Gasteiger charge is 2.32. The maximum absolute atomic E-state index is 13.6. The Bertz CT molecular complexity index is 1250. The Kier molecular flexibility index (Phi) is 11.0. The van der Waals surface area contributed by atoms with Gasteiger partial charge in [0.1, 0.15) is 12.3 Å². The van der Waals surface area contributed by atoms with Crippen LogP contribution in [0.5, 0.6) is 11.5 Å². The number of nitrogens with zero attached hydrogens (tertiary/aromatic N) is 2.